The Labute approximate surface area is 135 Å². The molecule has 0 spiro atoms. The molecule has 2 heteroatoms. The first-order valence-electron chi connectivity index (χ1n) is 7.89. The second-order valence-electron chi connectivity index (χ2n) is 4.08. The van der Waals surface area contributed by atoms with Crippen molar-refractivity contribution in [2.45, 2.75) is 39.7 Å². The van der Waals surface area contributed by atoms with Crippen LogP contribution in [0, 0.1) is 11.3 Å². The maximum atomic E-state index is 9.41. The minimum Gasteiger partial charge on any atom is -0.375 e. The van der Waals surface area contributed by atoms with Crippen molar-refractivity contribution < 1.29 is 4.74 Å². The smallest absolute Gasteiger partial charge is 0.102 e. The zero-order valence-corrected chi connectivity index (χ0v) is 14.3. The Kier molecular flexibility index (Phi) is 11.4. The van der Waals surface area contributed by atoms with Crippen molar-refractivity contribution >= 4 is 0 Å². The van der Waals surface area contributed by atoms with E-state index in [1.807, 2.05) is 88.4 Å². The summed E-state index contributed by atoms with van der Waals surface area (Å²) < 4.78 is 5.52. The molecule has 2 nitrogen and oxygen atoms in total. The van der Waals surface area contributed by atoms with Crippen LogP contribution in [0.1, 0.15) is 50.8 Å². The van der Waals surface area contributed by atoms with Gasteiger partial charge in [-0.3, -0.25) is 0 Å². The fraction of sp³-hybridized carbons (Fsp3) is 0.350. The molecule has 2 rings (SSSR count). The number of rotatable bonds is 4. The first-order chi connectivity index (χ1) is 10.9. The monoisotopic (exact) mass is 297 g/mol. The number of nitriles is 1. The van der Waals surface area contributed by atoms with E-state index in [1.165, 1.54) is 0 Å². The molecule has 0 saturated heterocycles. The van der Waals surface area contributed by atoms with Crippen LogP contribution in [0.25, 0.3) is 0 Å². The van der Waals surface area contributed by atoms with E-state index < -0.39 is 0 Å². The van der Waals surface area contributed by atoms with E-state index in [1.54, 1.807) is 7.11 Å². The lowest BCUT2D eigenvalue weighted by Gasteiger charge is -2.21. The van der Waals surface area contributed by atoms with Crippen LogP contribution < -0.4 is 0 Å². The molecule has 0 heterocycles. The van der Waals surface area contributed by atoms with E-state index in [0.717, 1.165) is 11.1 Å². The average molecular weight is 297 g/mol. The minimum atomic E-state index is -0.293. The molecule has 2 unspecified atom stereocenters. The van der Waals surface area contributed by atoms with Gasteiger partial charge >= 0.3 is 0 Å². The molecule has 0 radical (unpaired) electrons. The number of hydrogen-bond acceptors (Lipinski definition) is 2. The van der Waals surface area contributed by atoms with Crippen LogP contribution in [0.3, 0.4) is 0 Å². The summed E-state index contributed by atoms with van der Waals surface area (Å²) in [5.74, 6) is -0.293. The molecule has 0 amide bonds. The van der Waals surface area contributed by atoms with Crippen LogP contribution in [-0.4, -0.2) is 7.11 Å². The maximum Gasteiger partial charge on any atom is 0.102 e. The van der Waals surface area contributed by atoms with E-state index in [2.05, 4.69) is 6.07 Å². The Balaban J connectivity index is 0.00000102. The summed E-state index contributed by atoms with van der Waals surface area (Å²) in [6.45, 7) is 8.00. The van der Waals surface area contributed by atoms with Gasteiger partial charge in [-0.15, -0.1) is 0 Å². The fourth-order valence-corrected chi connectivity index (χ4v) is 2.08. The van der Waals surface area contributed by atoms with Crippen LogP contribution >= 0.6 is 0 Å². The van der Waals surface area contributed by atoms with Gasteiger partial charge in [-0.2, -0.15) is 5.26 Å². The third-order valence-electron chi connectivity index (χ3n) is 2.98. The van der Waals surface area contributed by atoms with Crippen LogP contribution in [0.15, 0.2) is 60.7 Å². The first-order valence-corrected chi connectivity index (χ1v) is 7.89. The molecule has 0 bridgehead atoms. The van der Waals surface area contributed by atoms with Crippen molar-refractivity contribution in [1.29, 1.82) is 5.26 Å². The highest BCUT2D eigenvalue weighted by atomic mass is 16.5. The summed E-state index contributed by atoms with van der Waals surface area (Å²) in [7, 11) is 1.64. The highest BCUT2D eigenvalue weighted by Gasteiger charge is 2.24. The molecule has 0 aliphatic carbocycles. The Hall–Kier alpha value is -2.11. The molecular weight excluding hydrogens is 270 g/mol. The van der Waals surface area contributed by atoms with Crippen molar-refractivity contribution in [2.24, 2.45) is 0 Å². The van der Waals surface area contributed by atoms with Gasteiger partial charge in [-0.25, -0.2) is 0 Å². The Morgan fingerprint density at radius 2 is 1.18 bits per heavy atom. The van der Waals surface area contributed by atoms with Crippen LogP contribution in [0.4, 0.5) is 0 Å². The number of methoxy groups -OCH3 is 1. The number of ether oxygens (including phenoxy) is 1. The second kappa shape index (κ2) is 12.6. The van der Waals surface area contributed by atoms with E-state index in [4.69, 9.17) is 4.74 Å². The zero-order chi connectivity index (χ0) is 16.8. The summed E-state index contributed by atoms with van der Waals surface area (Å²) >= 11 is 0. The minimum absolute atomic E-state index is 0.237. The molecule has 2 aromatic carbocycles. The molecule has 0 aliphatic rings. The van der Waals surface area contributed by atoms with Crippen molar-refractivity contribution in [2.75, 3.05) is 7.11 Å². The quantitative estimate of drug-likeness (QED) is 0.721. The zero-order valence-electron chi connectivity index (χ0n) is 14.3. The van der Waals surface area contributed by atoms with Crippen LogP contribution in [-0.2, 0) is 4.74 Å². The molecule has 0 aromatic heterocycles. The standard InChI is InChI=1S/C16H15NO.2C2H6/c1-18-16(14-10-6-3-7-11-14)15(12-17)13-8-4-2-5-9-13;2*1-2/h2-11,15-16H,1H3;2*1-2H3. The van der Waals surface area contributed by atoms with Crippen molar-refractivity contribution in [3.05, 3.63) is 71.8 Å². The fourth-order valence-electron chi connectivity index (χ4n) is 2.08. The molecule has 2 atom stereocenters. The van der Waals surface area contributed by atoms with Gasteiger partial charge in [0.2, 0.25) is 0 Å². The SMILES string of the molecule is CC.CC.COC(c1ccccc1)C(C#N)c1ccccc1. The van der Waals surface area contributed by atoms with Crippen LogP contribution in [0.5, 0.6) is 0 Å². The molecule has 22 heavy (non-hydrogen) atoms. The average Bonchev–Trinajstić information content (AvgIpc) is 2.64. The van der Waals surface area contributed by atoms with Crippen LogP contribution in [0.2, 0.25) is 0 Å². The molecule has 2 aromatic rings. The molecule has 0 fully saturated rings. The van der Waals surface area contributed by atoms with Crippen molar-refractivity contribution in [1.82, 2.24) is 0 Å². The molecular formula is C20H27NO. The lowest BCUT2D eigenvalue weighted by Crippen LogP contribution is -2.11. The third kappa shape index (κ3) is 5.71. The summed E-state index contributed by atoms with van der Waals surface area (Å²) in [4.78, 5) is 0. The van der Waals surface area contributed by atoms with Gasteiger partial charge in [0.1, 0.15) is 12.0 Å². The van der Waals surface area contributed by atoms with E-state index in [9.17, 15) is 5.26 Å². The Morgan fingerprint density at radius 1 is 0.773 bits per heavy atom. The van der Waals surface area contributed by atoms with Gasteiger partial charge in [-0.1, -0.05) is 88.4 Å². The third-order valence-corrected chi connectivity index (χ3v) is 2.98. The summed E-state index contributed by atoms with van der Waals surface area (Å²) in [5, 5.41) is 9.41. The molecule has 0 aliphatic heterocycles. The lowest BCUT2D eigenvalue weighted by molar-refractivity contribution is 0.0929. The summed E-state index contributed by atoms with van der Waals surface area (Å²) in [6, 6.07) is 21.9. The normalized spacial score (nSPS) is 11.6. The van der Waals surface area contributed by atoms with Gasteiger partial charge in [0.15, 0.2) is 0 Å². The number of hydrogen-bond donors (Lipinski definition) is 0. The van der Waals surface area contributed by atoms with Gasteiger partial charge < -0.3 is 4.74 Å². The topological polar surface area (TPSA) is 33.0 Å². The highest BCUT2D eigenvalue weighted by Crippen LogP contribution is 2.32. The summed E-state index contributed by atoms with van der Waals surface area (Å²) in [6.07, 6.45) is -0.237. The van der Waals surface area contributed by atoms with Crippen molar-refractivity contribution in [3.63, 3.8) is 0 Å². The van der Waals surface area contributed by atoms with E-state index in [0.29, 0.717) is 0 Å². The maximum absolute atomic E-state index is 9.41. The predicted octanol–water partition coefficient (Wildman–Crippen LogP) is 5.73. The molecule has 0 saturated carbocycles. The largest absolute Gasteiger partial charge is 0.375 e. The predicted molar refractivity (Wildman–Crippen MR) is 93.7 cm³/mol. The van der Waals surface area contributed by atoms with Crippen molar-refractivity contribution in [3.8, 4) is 6.07 Å². The highest BCUT2D eigenvalue weighted by molar-refractivity contribution is 5.31. The number of nitrogens with zero attached hydrogens (tertiary/aromatic N) is 1. The Bertz CT molecular complexity index is 516. The molecule has 0 N–H and O–H groups in total. The van der Waals surface area contributed by atoms with Gasteiger partial charge in [-0.05, 0) is 11.1 Å². The first kappa shape index (κ1) is 19.9. The van der Waals surface area contributed by atoms with Gasteiger partial charge in [0.05, 0.1) is 6.07 Å². The molecule has 118 valence electrons. The Morgan fingerprint density at radius 3 is 1.55 bits per heavy atom. The van der Waals surface area contributed by atoms with E-state index in [-0.39, 0.29) is 12.0 Å². The second-order valence-corrected chi connectivity index (χ2v) is 4.08. The lowest BCUT2D eigenvalue weighted by atomic mass is 9.90. The number of benzene rings is 2. The van der Waals surface area contributed by atoms with Gasteiger partial charge in [0, 0.05) is 7.11 Å². The van der Waals surface area contributed by atoms with E-state index >= 15 is 0 Å². The van der Waals surface area contributed by atoms with Gasteiger partial charge in [0.25, 0.3) is 0 Å². The summed E-state index contributed by atoms with van der Waals surface area (Å²) in [5.41, 5.74) is 2.01.